The zero-order chi connectivity index (χ0) is 15.3. The minimum absolute atomic E-state index is 0.461. The number of carbonyl (C=O) groups excluding carboxylic acids is 2. The van der Waals surface area contributed by atoms with Gasteiger partial charge in [-0.15, -0.1) is 0 Å². The third-order valence-corrected chi connectivity index (χ3v) is 3.18. The van der Waals surface area contributed by atoms with Gasteiger partial charge in [-0.2, -0.15) is 0 Å². The summed E-state index contributed by atoms with van der Waals surface area (Å²) in [5.41, 5.74) is 0.307. The Morgan fingerprint density at radius 3 is 2.50 bits per heavy atom. The number of alkyl carbamates (subject to hydrolysis) is 1. The second kappa shape index (κ2) is 6.77. The van der Waals surface area contributed by atoms with E-state index in [0.29, 0.717) is 5.92 Å². The molecule has 0 aliphatic heterocycles. The Hall–Kier alpha value is -1.52. The summed E-state index contributed by atoms with van der Waals surface area (Å²) in [6, 6.07) is -0.748. The predicted octanol–water partition coefficient (Wildman–Crippen LogP) is 2.80. The van der Waals surface area contributed by atoms with Gasteiger partial charge >= 0.3 is 12.1 Å². The van der Waals surface area contributed by atoms with Gasteiger partial charge in [-0.05, 0) is 51.5 Å². The van der Waals surface area contributed by atoms with Gasteiger partial charge in [0.2, 0.25) is 0 Å². The van der Waals surface area contributed by atoms with Crippen LogP contribution < -0.4 is 5.32 Å². The molecule has 0 radical (unpaired) electrons. The molecule has 0 fully saturated rings. The second-order valence-electron chi connectivity index (χ2n) is 6.26. The molecular formula is C15H25NO4. The molecule has 1 aliphatic carbocycles. The average Bonchev–Trinajstić information content (AvgIpc) is 2.34. The molecule has 0 aromatic rings. The topological polar surface area (TPSA) is 64.6 Å². The molecule has 0 bridgehead atoms. The van der Waals surface area contributed by atoms with Crippen molar-refractivity contribution >= 4 is 12.1 Å². The van der Waals surface area contributed by atoms with Crippen LogP contribution in [-0.4, -0.2) is 30.8 Å². The summed E-state index contributed by atoms with van der Waals surface area (Å²) in [6.45, 7) is 7.51. The van der Waals surface area contributed by atoms with E-state index in [9.17, 15) is 9.59 Å². The molecule has 0 unspecified atom stereocenters. The third kappa shape index (κ3) is 5.23. The van der Waals surface area contributed by atoms with Crippen molar-refractivity contribution in [3.63, 3.8) is 0 Å². The quantitative estimate of drug-likeness (QED) is 0.639. The van der Waals surface area contributed by atoms with Gasteiger partial charge in [0, 0.05) is 0 Å². The summed E-state index contributed by atoms with van der Waals surface area (Å²) in [4.78, 5) is 23.7. The lowest BCUT2D eigenvalue weighted by Gasteiger charge is -2.26. The van der Waals surface area contributed by atoms with E-state index in [4.69, 9.17) is 9.47 Å². The molecule has 0 aromatic heterocycles. The molecular weight excluding hydrogens is 258 g/mol. The molecule has 1 rings (SSSR count). The van der Waals surface area contributed by atoms with Crippen molar-refractivity contribution in [2.45, 2.75) is 58.6 Å². The summed E-state index contributed by atoms with van der Waals surface area (Å²) in [5.74, 6) is 0.148. The minimum atomic E-state index is -0.748. The predicted molar refractivity (Wildman–Crippen MR) is 76.3 cm³/mol. The van der Waals surface area contributed by atoms with Crippen LogP contribution in [0.2, 0.25) is 0 Å². The molecule has 0 spiro atoms. The van der Waals surface area contributed by atoms with Crippen molar-refractivity contribution in [2.75, 3.05) is 7.11 Å². The van der Waals surface area contributed by atoms with Gasteiger partial charge in [-0.1, -0.05) is 13.0 Å². The van der Waals surface area contributed by atoms with Crippen molar-refractivity contribution in [1.82, 2.24) is 5.32 Å². The normalized spacial score (nSPS) is 20.6. The van der Waals surface area contributed by atoms with E-state index in [0.717, 1.165) is 24.8 Å². The Balaban J connectivity index is 2.76. The Morgan fingerprint density at radius 1 is 1.40 bits per heavy atom. The lowest BCUT2D eigenvalue weighted by atomic mass is 9.87. The molecule has 5 heteroatoms. The number of nitrogens with one attached hydrogen (secondary N) is 1. The van der Waals surface area contributed by atoms with Crippen LogP contribution >= 0.6 is 0 Å². The number of hydrogen-bond acceptors (Lipinski definition) is 4. The summed E-state index contributed by atoms with van der Waals surface area (Å²) in [7, 11) is 1.32. The Kier molecular flexibility index (Phi) is 5.60. The van der Waals surface area contributed by atoms with Crippen LogP contribution in [0.4, 0.5) is 4.79 Å². The van der Waals surface area contributed by atoms with Crippen molar-refractivity contribution in [2.24, 2.45) is 5.92 Å². The second-order valence-corrected chi connectivity index (χ2v) is 6.26. The van der Waals surface area contributed by atoms with E-state index in [2.05, 4.69) is 12.2 Å². The maximum Gasteiger partial charge on any atom is 0.408 e. The summed E-state index contributed by atoms with van der Waals surface area (Å²) in [6.07, 6.45) is 4.13. The fraction of sp³-hybridized carbons (Fsp3) is 0.733. The third-order valence-electron chi connectivity index (χ3n) is 3.18. The fourth-order valence-electron chi connectivity index (χ4n) is 2.09. The van der Waals surface area contributed by atoms with Crippen molar-refractivity contribution in [1.29, 1.82) is 0 Å². The SMILES string of the molecule is COC(=O)[C@@H](NC(=O)OC(C)(C)C)C1=CC[C@@H](C)CC1. The van der Waals surface area contributed by atoms with E-state index in [1.807, 2.05) is 6.08 Å². The van der Waals surface area contributed by atoms with E-state index in [1.54, 1.807) is 20.8 Å². The molecule has 114 valence electrons. The highest BCUT2D eigenvalue weighted by atomic mass is 16.6. The van der Waals surface area contributed by atoms with E-state index >= 15 is 0 Å². The molecule has 0 saturated heterocycles. The van der Waals surface area contributed by atoms with Gasteiger partial charge in [0.05, 0.1) is 7.11 Å². The number of amides is 1. The van der Waals surface area contributed by atoms with Crippen molar-refractivity contribution < 1.29 is 19.1 Å². The van der Waals surface area contributed by atoms with Crippen LogP contribution in [0, 0.1) is 5.92 Å². The maximum absolute atomic E-state index is 11.9. The zero-order valence-corrected chi connectivity index (χ0v) is 13.0. The first kappa shape index (κ1) is 16.5. The highest BCUT2D eigenvalue weighted by molar-refractivity contribution is 5.84. The summed E-state index contributed by atoms with van der Waals surface area (Å²) < 4.78 is 9.96. The van der Waals surface area contributed by atoms with Crippen LogP contribution in [-0.2, 0) is 14.3 Å². The standard InChI is InChI=1S/C15H25NO4/c1-10-6-8-11(9-7-10)12(13(17)19-5)16-14(18)20-15(2,3)4/h8,10,12H,6-7,9H2,1-5H3,(H,16,18)/t10-,12+/m1/s1. The summed E-state index contributed by atoms with van der Waals surface area (Å²) in [5, 5.41) is 2.60. The van der Waals surface area contributed by atoms with Gasteiger partial charge < -0.3 is 14.8 Å². The maximum atomic E-state index is 11.9. The first-order chi connectivity index (χ1) is 9.23. The Labute approximate surface area is 120 Å². The van der Waals surface area contributed by atoms with E-state index in [-0.39, 0.29) is 0 Å². The van der Waals surface area contributed by atoms with Crippen LogP contribution in [0.5, 0.6) is 0 Å². The Morgan fingerprint density at radius 2 is 2.05 bits per heavy atom. The minimum Gasteiger partial charge on any atom is -0.467 e. The summed E-state index contributed by atoms with van der Waals surface area (Å²) >= 11 is 0. The number of hydrogen-bond donors (Lipinski definition) is 1. The molecule has 20 heavy (non-hydrogen) atoms. The van der Waals surface area contributed by atoms with E-state index in [1.165, 1.54) is 7.11 Å². The van der Waals surface area contributed by atoms with Crippen molar-refractivity contribution in [3.05, 3.63) is 11.6 Å². The average molecular weight is 283 g/mol. The lowest BCUT2D eigenvalue weighted by Crippen LogP contribution is -2.45. The smallest absolute Gasteiger partial charge is 0.408 e. The number of esters is 1. The molecule has 1 aliphatic rings. The monoisotopic (exact) mass is 283 g/mol. The van der Waals surface area contributed by atoms with Gasteiger partial charge in [0.15, 0.2) is 6.04 Å². The largest absolute Gasteiger partial charge is 0.467 e. The first-order valence-corrected chi connectivity index (χ1v) is 6.99. The van der Waals surface area contributed by atoms with Gasteiger partial charge in [-0.3, -0.25) is 0 Å². The van der Waals surface area contributed by atoms with E-state index < -0.39 is 23.7 Å². The van der Waals surface area contributed by atoms with Gasteiger partial charge in [0.25, 0.3) is 0 Å². The van der Waals surface area contributed by atoms with Crippen LogP contribution in [0.15, 0.2) is 11.6 Å². The lowest BCUT2D eigenvalue weighted by molar-refractivity contribution is -0.142. The molecule has 1 amide bonds. The Bertz CT molecular complexity index is 395. The molecule has 5 nitrogen and oxygen atoms in total. The molecule has 0 aromatic carbocycles. The fourth-order valence-corrected chi connectivity index (χ4v) is 2.09. The number of methoxy groups -OCH3 is 1. The molecule has 0 heterocycles. The van der Waals surface area contributed by atoms with Gasteiger partial charge in [0.1, 0.15) is 5.60 Å². The van der Waals surface area contributed by atoms with Crippen LogP contribution in [0.3, 0.4) is 0 Å². The highest BCUT2D eigenvalue weighted by Crippen LogP contribution is 2.25. The number of rotatable bonds is 3. The van der Waals surface area contributed by atoms with Crippen LogP contribution in [0.1, 0.15) is 47.0 Å². The molecule has 2 atom stereocenters. The van der Waals surface area contributed by atoms with Gasteiger partial charge in [-0.25, -0.2) is 9.59 Å². The zero-order valence-electron chi connectivity index (χ0n) is 13.0. The molecule has 1 N–H and O–H groups in total. The number of ether oxygens (including phenoxy) is 2. The number of allylic oxidation sites excluding steroid dienone is 1. The van der Waals surface area contributed by atoms with Crippen molar-refractivity contribution in [3.8, 4) is 0 Å². The number of carbonyl (C=O) groups is 2. The highest BCUT2D eigenvalue weighted by Gasteiger charge is 2.29. The van der Waals surface area contributed by atoms with Crippen LogP contribution in [0.25, 0.3) is 0 Å². The molecule has 0 saturated carbocycles. The first-order valence-electron chi connectivity index (χ1n) is 6.99.